The maximum atomic E-state index is 12.5. The number of rotatable bonds is 12. The lowest BCUT2D eigenvalue weighted by atomic mass is 9.90. The minimum atomic E-state index is -1.20. The average molecular weight is 457 g/mol. The van der Waals surface area contributed by atoms with Gasteiger partial charge in [0.05, 0.1) is 24.4 Å². The van der Waals surface area contributed by atoms with Crippen molar-refractivity contribution in [1.82, 2.24) is 10.8 Å². The van der Waals surface area contributed by atoms with Gasteiger partial charge in [-0.15, -0.1) is 0 Å². The number of halogens is 1. The number of carbonyl (C=O) groups excluding carboxylic acids is 3. The van der Waals surface area contributed by atoms with Crippen LogP contribution < -0.4 is 10.8 Å². The van der Waals surface area contributed by atoms with Gasteiger partial charge in [0.25, 0.3) is 0 Å². The second-order valence-electron chi connectivity index (χ2n) is 6.61. The fraction of sp³-hybridized carbons (Fsp3) is 0.474. The van der Waals surface area contributed by atoms with Crippen LogP contribution in [0.25, 0.3) is 0 Å². The zero-order chi connectivity index (χ0) is 21.1. The van der Waals surface area contributed by atoms with Crippen molar-refractivity contribution in [2.45, 2.75) is 39.3 Å². The molecule has 0 heterocycles. The Morgan fingerprint density at radius 2 is 1.75 bits per heavy atom. The number of alkyl halides is 1. The third-order valence-corrected chi connectivity index (χ3v) is 4.58. The van der Waals surface area contributed by atoms with Crippen molar-refractivity contribution in [3.8, 4) is 0 Å². The van der Waals surface area contributed by atoms with E-state index in [2.05, 4.69) is 26.7 Å². The van der Waals surface area contributed by atoms with Crippen LogP contribution in [0, 0.1) is 11.8 Å². The molecule has 0 spiro atoms. The molecule has 9 heteroatoms. The number of hydroxylamine groups is 1. The molecule has 0 aromatic heterocycles. The van der Waals surface area contributed by atoms with Gasteiger partial charge in [0, 0.05) is 12.3 Å². The summed E-state index contributed by atoms with van der Waals surface area (Å²) in [6, 6.07) is 8.11. The minimum absolute atomic E-state index is 0.0780. The summed E-state index contributed by atoms with van der Waals surface area (Å²) in [6.45, 7) is 3.72. The monoisotopic (exact) mass is 456 g/mol. The van der Waals surface area contributed by atoms with Gasteiger partial charge < -0.3 is 10.4 Å². The van der Waals surface area contributed by atoms with Crippen molar-refractivity contribution < 1.29 is 29.1 Å². The molecule has 2 atom stereocenters. The first-order valence-corrected chi connectivity index (χ1v) is 9.92. The van der Waals surface area contributed by atoms with Gasteiger partial charge in [0.15, 0.2) is 5.78 Å². The Labute approximate surface area is 172 Å². The summed E-state index contributed by atoms with van der Waals surface area (Å²) in [5.74, 6) is -3.62. The number of carboxylic acids is 1. The number of hydrogen-bond donors (Lipinski definition) is 3. The highest BCUT2D eigenvalue weighted by Gasteiger charge is 2.30. The molecule has 0 aliphatic rings. The molecule has 0 saturated carbocycles. The van der Waals surface area contributed by atoms with Crippen molar-refractivity contribution in [3.63, 3.8) is 0 Å². The minimum Gasteiger partial charge on any atom is -0.481 e. The average Bonchev–Trinajstić information content (AvgIpc) is 2.65. The van der Waals surface area contributed by atoms with Gasteiger partial charge in [-0.25, -0.2) is 5.48 Å². The Morgan fingerprint density at radius 3 is 2.29 bits per heavy atom. The Kier molecular flexibility index (Phi) is 10.4. The molecule has 1 aromatic carbocycles. The van der Waals surface area contributed by atoms with Crippen molar-refractivity contribution in [2.75, 3.05) is 5.33 Å². The summed E-state index contributed by atoms with van der Waals surface area (Å²) in [6.07, 6.45) is -0.673. The summed E-state index contributed by atoms with van der Waals surface area (Å²) < 4.78 is 0. The lowest BCUT2D eigenvalue weighted by Crippen LogP contribution is -2.47. The Bertz CT molecular complexity index is 680. The first-order chi connectivity index (χ1) is 13.2. The highest BCUT2D eigenvalue weighted by molar-refractivity contribution is 9.09. The van der Waals surface area contributed by atoms with E-state index >= 15 is 0 Å². The molecule has 2 amide bonds. The van der Waals surface area contributed by atoms with E-state index in [0.29, 0.717) is 0 Å². The number of ketones is 1. The predicted molar refractivity (Wildman–Crippen MR) is 105 cm³/mol. The molecule has 1 rings (SSSR count). The Hall–Kier alpha value is -2.26. The molecule has 0 aliphatic heterocycles. The van der Waals surface area contributed by atoms with E-state index in [0.717, 1.165) is 5.56 Å². The maximum absolute atomic E-state index is 12.5. The van der Waals surface area contributed by atoms with Crippen LogP contribution in [0.2, 0.25) is 0 Å². The Balaban J connectivity index is 2.61. The van der Waals surface area contributed by atoms with Gasteiger partial charge in [0.1, 0.15) is 0 Å². The van der Waals surface area contributed by atoms with E-state index in [1.807, 2.05) is 30.3 Å². The largest absolute Gasteiger partial charge is 0.481 e. The zero-order valence-corrected chi connectivity index (χ0v) is 17.4. The van der Waals surface area contributed by atoms with Crippen molar-refractivity contribution in [2.24, 2.45) is 11.8 Å². The quantitative estimate of drug-likeness (QED) is 0.325. The topological polar surface area (TPSA) is 122 Å². The molecule has 3 N–H and O–H groups in total. The van der Waals surface area contributed by atoms with Crippen molar-refractivity contribution in [1.29, 1.82) is 0 Å². The molecule has 0 aliphatic carbocycles. The molecule has 2 unspecified atom stereocenters. The Morgan fingerprint density at radius 1 is 1.11 bits per heavy atom. The molecule has 0 fully saturated rings. The standard InChI is InChI=1S/C19H25BrN2O6/c1-12(2)14(19(27)21-15(9-18(25)26)16(23)10-20)8-17(24)22-28-11-13-6-4-3-5-7-13/h3-7,12,14-15H,8-11H2,1-2H3,(H,21,27)(H,22,24)(H,25,26). The third kappa shape index (κ3) is 8.62. The maximum Gasteiger partial charge on any atom is 0.305 e. The summed E-state index contributed by atoms with van der Waals surface area (Å²) in [5, 5.41) is 11.3. The molecule has 0 bridgehead atoms. The normalized spacial score (nSPS) is 12.9. The molecule has 0 radical (unpaired) electrons. The van der Waals surface area contributed by atoms with Crippen LogP contribution in [-0.4, -0.2) is 40.0 Å². The van der Waals surface area contributed by atoms with Gasteiger partial charge in [0.2, 0.25) is 11.8 Å². The third-order valence-electron chi connectivity index (χ3n) is 4.03. The number of benzene rings is 1. The number of Topliss-reactive ketones (excluding diaryl/α,β-unsaturated/α-hetero) is 1. The lowest BCUT2D eigenvalue weighted by Gasteiger charge is -2.23. The van der Waals surface area contributed by atoms with Crippen LogP contribution in [0.4, 0.5) is 0 Å². The van der Waals surface area contributed by atoms with Gasteiger partial charge in [-0.2, -0.15) is 0 Å². The number of carboxylic acid groups (broad SMARTS) is 1. The number of carbonyl (C=O) groups is 4. The van der Waals surface area contributed by atoms with E-state index in [-0.39, 0.29) is 24.3 Å². The number of hydrogen-bond acceptors (Lipinski definition) is 5. The van der Waals surface area contributed by atoms with Crippen molar-refractivity contribution >= 4 is 39.5 Å². The second kappa shape index (κ2) is 12.2. The summed E-state index contributed by atoms with van der Waals surface area (Å²) >= 11 is 2.97. The fourth-order valence-corrected chi connectivity index (χ4v) is 2.83. The molecule has 1 aromatic rings. The fourth-order valence-electron chi connectivity index (χ4n) is 2.44. The molecular formula is C19H25BrN2O6. The summed E-state index contributed by atoms with van der Waals surface area (Å²) in [5.41, 5.74) is 3.18. The van der Waals surface area contributed by atoms with E-state index in [4.69, 9.17) is 9.94 Å². The van der Waals surface area contributed by atoms with Crippen LogP contribution in [0.1, 0.15) is 32.3 Å². The SMILES string of the molecule is CC(C)C(CC(=O)NOCc1ccccc1)C(=O)NC(CC(=O)O)C(=O)CBr. The molecule has 28 heavy (non-hydrogen) atoms. The number of nitrogens with one attached hydrogen (secondary N) is 2. The number of amides is 2. The molecule has 0 saturated heterocycles. The summed E-state index contributed by atoms with van der Waals surface area (Å²) in [4.78, 5) is 52.6. The van der Waals surface area contributed by atoms with Crippen LogP contribution in [0.5, 0.6) is 0 Å². The number of aliphatic carboxylic acids is 1. The van der Waals surface area contributed by atoms with Crippen LogP contribution >= 0.6 is 15.9 Å². The van der Waals surface area contributed by atoms with Crippen LogP contribution in [0.15, 0.2) is 30.3 Å². The molecular weight excluding hydrogens is 432 g/mol. The first-order valence-electron chi connectivity index (χ1n) is 8.80. The van der Waals surface area contributed by atoms with Crippen LogP contribution in [0.3, 0.4) is 0 Å². The van der Waals surface area contributed by atoms with Gasteiger partial charge in [-0.05, 0) is 11.5 Å². The van der Waals surface area contributed by atoms with Crippen LogP contribution in [-0.2, 0) is 30.6 Å². The highest BCUT2D eigenvalue weighted by Crippen LogP contribution is 2.16. The smallest absolute Gasteiger partial charge is 0.305 e. The molecule has 154 valence electrons. The second-order valence-corrected chi connectivity index (χ2v) is 7.17. The lowest BCUT2D eigenvalue weighted by molar-refractivity contribution is -0.142. The summed E-state index contributed by atoms with van der Waals surface area (Å²) in [7, 11) is 0. The predicted octanol–water partition coefficient (Wildman–Crippen LogP) is 1.82. The van der Waals surface area contributed by atoms with Gasteiger partial charge in [-0.1, -0.05) is 60.1 Å². The molecule has 8 nitrogen and oxygen atoms in total. The van der Waals surface area contributed by atoms with E-state index < -0.39 is 41.9 Å². The van der Waals surface area contributed by atoms with E-state index in [1.54, 1.807) is 13.8 Å². The highest BCUT2D eigenvalue weighted by atomic mass is 79.9. The van der Waals surface area contributed by atoms with Gasteiger partial charge in [-0.3, -0.25) is 24.0 Å². The zero-order valence-electron chi connectivity index (χ0n) is 15.8. The first kappa shape index (κ1) is 23.8. The van der Waals surface area contributed by atoms with E-state index in [9.17, 15) is 19.2 Å². The van der Waals surface area contributed by atoms with Crippen molar-refractivity contribution in [3.05, 3.63) is 35.9 Å². The van der Waals surface area contributed by atoms with E-state index in [1.165, 1.54) is 0 Å². The van der Waals surface area contributed by atoms with Gasteiger partial charge >= 0.3 is 5.97 Å².